The van der Waals surface area contributed by atoms with Crippen molar-refractivity contribution in [2.75, 3.05) is 33.8 Å². The molecule has 0 radical (unpaired) electrons. The maximum absolute atomic E-state index is 14.2. The maximum Gasteiger partial charge on any atom is 0.317 e. The van der Waals surface area contributed by atoms with E-state index in [4.69, 9.17) is 4.74 Å². The van der Waals surface area contributed by atoms with E-state index in [1.165, 1.54) is 38.5 Å². The van der Waals surface area contributed by atoms with Crippen LogP contribution >= 0.6 is 0 Å². The smallest absolute Gasteiger partial charge is 0.317 e. The topological polar surface area (TPSA) is 94.1 Å². The summed E-state index contributed by atoms with van der Waals surface area (Å²) in [6.07, 6.45) is 8.05. The molecule has 1 aliphatic carbocycles. The minimum atomic E-state index is -0.899. The quantitative estimate of drug-likeness (QED) is 0.296. The Morgan fingerprint density at radius 1 is 1.13 bits per heavy atom. The van der Waals surface area contributed by atoms with Crippen LogP contribution in [0.15, 0.2) is 18.2 Å². The Hall–Kier alpha value is -1.81. The number of hydrogen-bond acceptors (Lipinski definition) is 5. The third-order valence-electron chi connectivity index (χ3n) is 8.37. The van der Waals surface area contributed by atoms with Gasteiger partial charge in [0.1, 0.15) is 0 Å². The van der Waals surface area contributed by atoms with Crippen molar-refractivity contribution in [3.63, 3.8) is 0 Å². The van der Waals surface area contributed by atoms with Crippen LogP contribution in [0.4, 0.5) is 13.6 Å². The van der Waals surface area contributed by atoms with E-state index < -0.39 is 29.9 Å². The number of likely N-dealkylation sites (tertiary alicyclic amines) is 1. The van der Waals surface area contributed by atoms with Gasteiger partial charge in [-0.3, -0.25) is 0 Å². The van der Waals surface area contributed by atoms with Crippen molar-refractivity contribution in [3.8, 4) is 0 Å². The number of likely N-dealkylation sites (N-methyl/N-ethyl adjacent to an activating group) is 1. The first-order valence-corrected chi connectivity index (χ1v) is 14.4. The molecule has 9 heteroatoms. The number of aliphatic hydroxyl groups excluding tert-OH is 2. The summed E-state index contributed by atoms with van der Waals surface area (Å²) in [7, 11) is 3.26. The molecular weight excluding hydrogens is 492 g/mol. The third kappa shape index (κ3) is 8.86. The molecule has 1 saturated carbocycles. The number of hydrogen-bond donors (Lipinski definition) is 4. The molecule has 38 heavy (non-hydrogen) atoms. The number of urea groups is 1. The summed E-state index contributed by atoms with van der Waals surface area (Å²) in [6, 6.07) is 3.58. The van der Waals surface area contributed by atoms with Crippen LogP contribution in [0.1, 0.15) is 82.3 Å². The van der Waals surface area contributed by atoms with Crippen molar-refractivity contribution in [2.24, 2.45) is 11.8 Å². The average molecular weight is 540 g/mol. The molecule has 216 valence electrons. The van der Waals surface area contributed by atoms with E-state index in [-0.39, 0.29) is 23.6 Å². The van der Waals surface area contributed by atoms with Crippen LogP contribution in [0.3, 0.4) is 0 Å². The van der Waals surface area contributed by atoms with Crippen molar-refractivity contribution in [3.05, 3.63) is 35.4 Å². The fourth-order valence-electron chi connectivity index (χ4n) is 6.12. The predicted octanol–water partition coefficient (Wildman–Crippen LogP) is 4.52. The average Bonchev–Trinajstić information content (AvgIpc) is 2.93. The molecule has 1 heterocycles. The number of ether oxygens (including phenoxy) is 1. The number of rotatable bonds is 13. The van der Waals surface area contributed by atoms with Crippen LogP contribution in [0.5, 0.6) is 0 Å². The van der Waals surface area contributed by atoms with Crippen LogP contribution in [-0.2, 0) is 4.74 Å². The lowest BCUT2D eigenvalue weighted by molar-refractivity contribution is 0.0433. The van der Waals surface area contributed by atoms with Gasteiger partial charge in [-0.05, 0) is 57.6 Å². The summed E-state index contributed by atoms with van der Waals surface area (Å²) in [6.45, 7) is 1.50. The molecule has 1 aromatic rings. The molecule has 3 rings (SSSR count). The first-order chi connectivity index (χ1) is 18.3. The second-order valence-corrected chi connectivity index (χ2v) is 11.1. The Bertz CT molecular complexity index is 855. The minimum Gasteiger partial charge on any atom is -0.393 e. The molecule has 1 unspecified atom stereocenters. The standard InChI is InChI=1S/C29H47F2N3O4/c1-32-18-26(36)24(17-20-9-4-3-5-10-20)33-29(37)34-16-8-11-21(19-34)25(35)14-7-15-27(38-2)22-12-6-13-23(30)28(22)31/h6,12-13,20-21,24-27,32,35-36H,3-5,7-11,14-19H2,1-2H3,(H,33,37)/t21-,24+,25?,26+,27+/m1/s1. The van der Waals surface area contributed by atoms with Gasteiger partial charge < -0.3 is 30.5 Å². The minimum absolute atomic E-state index is 0.0552. The highest BCUT2D eigenvalue weighted by molar-refractivity contribution is 5.74. The zero-order chi connectivity index (χ0) is 27.5. The van der Waals surface area contributed by atoms with Gasteiger partial charge in [0, 0.05) is 38.2 Å². The molecule has 4 N–H and O–H groups in total. The zero-order valence-electron chi connectivity index (χ0n) is 23.0. The molecule has 0 spiro atoms. The van der Waals surface area contributed by atoms with Gasteiger partial charge >= 0.3 is 6.03 Å². The molecule has 0 bridgehead atoms. The molecule has 0 aromatic heterocycles. The molecule has 1 aliphatic heterocycles. The fraction of sp³-hybridized carbons (Fsp3) is 0.759. The maximum atomic E-state index is 14.2. The first-order valence-electron chi connectivity index (χ1n) is 14.4. The summed E-state index contributed by atoms with van der Waals surface area (Å²) in [4.78, 5) is 15.0. The monoisotopic (exact) mass is 539 g/mol. The lowest BCUT2D eigenvalue weighted by Crippen LogP contribution is -2.54. The Morgan fingerprint density at radius 2 is 1.89 bits per heavy atom. The lowest BCUT2D eigenvalue weighted by atomic mass is 9.83. The summed E-state index contributed by atoms with van der Waals surface area (Å²) in [5, 5.41) is 27.7. The molecule has 2 amide bonds. The van der Waals surface area contributed by atoms with Gasteiger partial charge in [0.05, 0.1) is 24.4 Å². The van der Waals surface area contributed by atoms with Crippen LogP contribution in [-0.4, -0.2) is 73.2 Å². The number of carbonyl (C=O) groups excluding carboxylic acids is 1. The molecule has 2 aliphatic rings. The van der Waals surface area contributed by atoms with Gasteiger partial charge in [-0.1, -0.05) is 44.2 Å². The van der Waals surface area contributed by atoms with Crippen molar-refractivity contribution < 1.29 is 28.5 Å². The summed E-state index contributed by atoms with van der Waals surface area (Å²) in [5.41, 5.74) is 0.186. The van der Waals surface area contributed by atoms with E-state index in [0.29, 0.717) is 44.8 Å². The number of aliphatic hydroxyl groups is 2. The van der Waals surface area contributed by atoms with Crippen molar-refractivity contribution in [1.29, 1.82) is 0 Å². The normalized spacial score (nSPS) is 22.1. The number of carbonyl (C=O) groups is 1. The molecular formula is C29H47F2N3O4. The third-order valence-corrected chi connectivity index (χ3v) is 8.37. The van der Waals surface area contributed by atoms with E-state index in [9.17, 15) is 23.8 Å². The van der Waals surface area contributed by atoms with Crippen LogP contribution in [0.25, 0.3) is 0 Å². The van der Waals surface area contributed by atoms with Crippen LogP contribution in [0, 0.1) is 23.5 Å². The molecule has 5 atom stereocenters. The fourth-order valence-corrected chi connectivity index (χ4v) is 6.12. The van der Waals surface area contributed by atoms with Gasteiger partial charge in [-0.15, -0.1) is 0 Å². The molecule has 1 aromatic carbocycles. The van der Waals surface area contributed by atoms with Gasteiger partial charge in [-0.2, -0.15) is 0 Å². The largest absolute Gasteiger partial charge is 0.393 e. The number of methoxy groups -OCH3 is 1. The second-order valence-electron chi connectivity index (χ2n) is 11.1. The van der Waals surface area contributed by atoms with E-state index in [0.717, 1.165) is 38.2 Å². The summed E-state index contributed by atoms with van der Waals surface area (Å²) >= 11 is 0. The van der Waals surface area contributed by atoms with Crippen molar-refractivity contribution >= 4 is 6.03 Å². The van der Waals surface area contributed by atoms with Gasteiger partial charge in [0.2, 0.25) is 0 Å². The van der Waals surface area contributed by atoms with E-state index in [1.807, 2.05) is 0 Å². The van der Waals surface area contributed by atoms with Crippen LogP contribution in [0.2, 0.25) is 0 Å². The highest BCUT2D eigenvalue weighted by Crippen LogP contribution is 2.30. The van der Waals surface area contributed by atoms with E-state index in [1.54, 1.807) is 11.9 Å². The van der Waals surface area contributed by atoms with E-state index in [2.05, 4.69) is 10.6 Å². The Balaban J connectivity index is 1.50. The van der Waals surface area contributed by atoms with E-state index >= 15 is 0 Å². The lowest BCUT2D eigenvalue weighted by Gasteiger charge is -2.37. The second kappa shape index (κ2) is 15.7. The Labute approximate surface area is 226 Å². The SMILES string of the molecule is CNC[C@H](O)[C@H](CC1CCCCC1)NC(=O)N1CCC[C@@H](C(O)CCC[C@H](OC)c2cccc(F)c2F)C1. The molecule has 7 nitrogen and oxygen atoms in total. The number of amides is 2. The number of benzene rings is 1. The molecule has 1 saturated heterocycles. The Morgan fingerprint density at radius 3 is 2.61 bits per heavy atom. The first kappa shape index (κ1) is 30.7. The summed E-state index contributed by atoms with van der Waals surface area (Å²) in [5.74, 6) is -1.33. The van der Waals surface area contributed by atoms with Gasteiger partial charge in [0.15, 0.2) is 11.6 Å². The highest BCUT2D eigenvalue weighted by atomic mass is 19.2. The number of nitrogens with zero attached hydrogens (tertiary/aromatic N) is 1. The number of piperidine rings is 1. The summed E-state index contributed by atoms with van der Waals surface area (Å²) < 4.78 is 33.2. The highest BCUT2D eigenvalue weighted by Gasteiger charge is 2.32. The van der Waals surface area contributed by atoms with Crippen molar-refractivity contribution in [2.45, 2.75) is 95.0 Å². The number of nitrogens with one attached hydrogen (secondary N) is 2. The molecule has 2 fully saturated rings. The van der Waals surface area contributed by atoms with Gasteiger partial charge in [-0.25, -0.2) is 13.6 Å². The van der Waals surface area contributed by atoms with Gasteiger partial charge in [0.25, 0.3) is 0 Å². The van der Waals surface area contributed by atoms with Crippen LogP contribution < -0.4 is 10.6 Å². The van der Waals surface area contributed by atoms with Crippen molar-refractivity contribution in [1.82, 2.24) is 15.5 Å². The zero-order valence-corrected chi connectivity index (χ0v) is 23.0. The predicted molar refractivity (Wildman–Crippen MR) is 144 cm³/mol. The Kier molecular flexibility index (Phi) is 12.7. The number of halogens is 2.